The molecule has 110 valence electrons. The van der Waals surface area contributed by atoms with Crippen molar-refractivity contribution >= 4 is 11.2 Å². The van der Waals surface area contributed by atoms with Gasteiger partial charge in [-0.2, -0.15) is 0 Å². The summed E-state index contributed by atoms with van der Waals surface area (Å²) in [6.45, 7) is 1.01. The van der Waals surface area contributed by atoms with Gasteiger partial charge >= 0.3 is 0 Å². The molecule has 0 aromatic carbocycles. The lowest BCUT2D eigenvalue weighted by molar-refractivity contribution is -0.0950. The highest BCUT2D eigenvalue weighted by Crippen LogP contribution is 2.39. The van der Waals surface area contributed by atoms with Gasteiger partial charge in [-0.1, -0.05) is 0 Å². The molecule has 0 bridgehead atoms. The van der Waals surface area contributed by atoms with E-state index in [4.69, 9.17) is 11.2 Å². The van der Waals surface area contributed by atoms with Crippen molar-refractivity contribution in [3.05, 3.63) is 18.3 Å². The van der Waals surface area contributed by atoms with Crippen molar-refractivity contribution in [1.29, 1.82) is 0 Å². The van der Waals surface area contributed by atoms with Gasteiger partial charge in [-0.05, 0) is 12.8 Å². The topological polar surface area (TPSA) is 114 Å². The third kappa shape index (κ3) is 1.91. The zero-order chi connectivity index (χ0) is 15.2. The van der Waals surface area contributed by atoms with Crippen LogP contribution < -0.4 is 0 Å². The average Bonchev–Trinajstić information content (AvgIpc) is 2.99. The maximum absolute atomic E-state index is 10.5. The molecule has 4 atom stereocenters. The van der Waals surface area contributed by atoms with Gasteiger partial charge in [0.05, 0.1) is 12.9 Å². The van der Waals surface area contributed by atoms with Gasteiger partial charge < -0.3 is 20.1 Å². The molecule has 2 aromatic heterocycles. The maximum Gasteiger partial charge on any atom is 0.168 e. The number of imidazole rings is 1. The lowest BCUT2D eigenvalue weighted by Crippen LogP contribution is -2.44. The first-order valence-electron chi connectivity index (χ1n) is 6.31. The first kappa shape index (κ1) is 13.9. The number of hydrogen-bond donors (Lipinski definition) is 3. The van der Waals surface area contributed by atoms with Crippen LogP contribution in [0.5, 0.6) is 0 Å². The summed E-state index contributed by atoms with van der Waals surface area (Å²) >= 11 is 0. The van der Waals surface area contributed by atoms with Gasteiger partial charge in [0.1, 0.15) is 35.3 Å². The molecule has 1 aliphatic heterocycles. The quantitative estimate of drug-likeness (QED) is 0.596. The van der Waals surface area contributed by atoms with E-state index in [9.17, 15) is 15.3 Å². The largest absolute Gasteiger partial charge is 0.394 e. The molecular weight excluding hydrogens is 276 g/mol. The Morgan fingerprint density at radius 1 is 1.48 bits per heavy atom. The van der Waals surface area contributed by atoms with E-state index in [1.54, 1.807) is 0 Å². The standard InChI is InChI=1S/C13H14N4O4/c1-3-7-9-11(15-5-14-7)17(6-16-9)12-13(2,20)10(19)8(4-18)21-12/h1,5-6,8,10,12,18-20H,4H2,2H3/t8-,10-,12?,13-/m1/s1. The second-order valence-corrected chi connectivity index (χ2v) is 5.07. The number of aliphatic hydroxyl groups is 3. The molecule has 2 aromatic rings. The number of hydrogen-bond acceptors (Lipinski definition) is 7. The zero-order valence-corrected chi connectivity index (χ0v) is 11.2. The Morgan fingerprint density at radius 3 is 2.86 bits per heavy atom. The fourth-order valence-corrected chi connectivity index (χ4v) is 2.52. The molecule has 0 saturated carbocycles. The van der Waals surface area contributed by atoms with Crippen LogP contribution in [0.25, 0.3) is 11.2 Å². The Balaban J connectivity index is 2.12. The van der Waals surface area contributed by atoms with Crippen molar-refractivity contribution in [3.8, 4) is 12.3 Å². The lowest BCUT2D eigenvalue weighted by Gasteiger charge is -2.27. The molecule has 8 nitrogen and oxygen atoms in total. The molecule has 0 amide bonds. The number of aliphatic hydroxyl groups excluding tert-OH is 2. The minimum Gasteiger partial charge on any atom is -0.394 e. The van der Waals surface area contributed by atoms with E-state index in [0.29, 0.717) is 16.9 Å². The van der Waals surface area contributed by atoms with Crippen molar-refractivity contribution < 1.29 is 20.1 Å². The summed E-state index contributed by atoms with van der Waals surface area (Å²) in [6, 6.07) is 0. The number of nitrogens with zero attached hydrogens (tertiary/aromatic N) is 4. The highest BCUT2D eigenvalue weighted by molar-refractivity contribution is 5.76. The SMILES string of the molecule is C#Cc1ncnc2c1ncn2C1O[C@H](CO)[C@@H](O)[C@@]1(C)O. The van der Waals surface area contributed by atoms with Gasteiger partial charge in [0.15, 0.2) is 11.9 Å². The molecule has 8 heteroatoms. The monoisotopic (exact) mass is 290 g/mol. The molecule has 3 N–H and O–H groups in total. The van der Waals surface area contributed by atoms with Crippen molar-refractivity contribution in [2.75, 3.05) is 6.61 Å². The van der Waals surface area contributed by atoms with Crippen molar-refractivity contribution in [3.63, 3.8) is 0 Å². The lowest BCUT2D eigenvalue weighted by atomic mass is 9.96. The van der Waals surface area contributed by atoms with Crippen LogP contribution in [-0.4, -0.2) is 59.3 Å². The van der Waals surface area contributed by atoms with Crippen LogP contribution in [0.15, 0.2) is 12.7 Å². The minimum atomic E-state index is -1.61. The fourth-order valence-electron chi connectivity index (χ4n) is 2.52. The van der Waals surface area contributed by atoms with Crippen LogP contribution in [-0.2, 0) is 4.74 Å². The molecule has 21 heavy (non-hydrogen) atoms. The summed E-state index contributed by atoms with van der Waals surface area (Å²) in [6.07, 6.45) is 4.98. The van der Waals surface area contributed by atoms with E-state index in [-0.39, 0.29) is 0 Å². The summed E-state index contributed by atoms with van der Waals surface area (Å²) in [5, 5.41) is 29.7. The van der Waals surface area contributed by atoms with Crippen LogP contribution >= 0.6 is 0 Å². The molecule has 3 heterocycles. The number of ether oxygens (including phenoxy) is 1. The number of fused-ring (bicyclic) bond motifs is 1. The number of rotatable bonds is 2. The van der Waals surface area contributed by atoms with E-state index in [2.05, 4.69) is 20.9 Å². The van der Waals surface area contributed by atoms with Crippen LogP contribution in [0.1, 0.15) is 18.8 Å². The number of terminal acetylenes is 1. The first-order chi connectivity index (χ1) is 10.0. The summed E-state index contributed by atoms with van der Waals surface area (Å²) in [5.74, 6) is 2.40. The minimum absolute atomic E-state index is 0.329. The van der Waals surface area contributed by atoms with E-state index in [0.717, 1.165) is 0 Å². The third-order valence-corrected chi connectivity index (χ3v) is 3.68. The highest BCUT2D eigenvalue weighted by Gasteiger charge is 2.53. The zero-order valence-electron chi connectivity index (χ0n) is 11.2. The molecule has 1 aliphatic rings. The van der Waals surface area contributed by atoms with Crippen molar-refractivity contribution in [2.24, 2.45) is 0 Å². The van der Waals surface area contributed by atoms with Crippen LogP contribution in [0.4, 0.5) is 0 Å². The third-order valence-electron chi connectivity index (χ3n) is 3.68. The Morgan fingerprint density at radius 2 is 2.24 bits per heavy atom. The Bertz CT molecular complexity index is 721. The first-order valence-corrected chi connectivity index (χ1v) is 6.31. The second kappa shape index (κ2) is 4.75. The molecule has 1 unspecified atom stereocenters. The highest BCUT2D eigenvalue weighted by atomic mass is 16.6. The summed E-state index contributed by atoms with van der Waals surface area (Å²) in [5.41, 5.74) is -0.492. The second-order valence-electron chi connectivity index (χ2n) is 5.07. The summed E-state index contributed by atoms with van der Waals surface area (Å²) < 4.78 is 6.99. The maximum atomic E-state index is 10.5. The van der Waals surface area contributed by atoms with Crippen molar-refractivity contribution in [1.82, 2.24) is 19.5 Å². The molecule has 1 saturated heterocycles. The van der Waals surface area contributed by atoms with Gasteiger partial charge in [-0.15, -0.1) is 6.42 Å². The normalized spacial score (nSPS) is 32.4. The van der Waals surface area contributed by atoms with Gasteiger partial charge in [0.25, 0.3) is 0 Å². The Labute approximate surface area is 120 Å². The molecule has 1 fully saturated rings. The predicted molar refractivity (Wildman–Crippen MR) is 70.9 cm³/mol. The molecule has 0 radical (unpaired) electrons. The van der Waals surface area contributed by atoms with E-state index in [1.165, 1.54) is 24.1 Å². The average molecular weight is 290 g/mol. The van der Waals surface area contributed by atoms with E-state index >= 15 is 0 Å². The van der Waals surface area contributed by atoms with Gasteiger partial charge in [-0.25, -0.2) is 15.0 Å². The smallest absolute Gasteiger partial charge is 0.168 e. The number of aromatic nitrogens is 4. The van der Waals surface area contributed by atoms with E-state index < -0.39 is 30.6 Å². The van der Waals surface area contributed by atoms with Crippen LogP contribution in [0.2, 0.25) is 0 Å². The van der Waals surface area contributed by atoms with Crippen LogP contribution in [0, 0.1) is 12.3 Å². The molecule has 3 rings (SSSR count). The summed E-state index contributed by atoms with van der Waals surface area (Å²) in [4.78, 5) is 12.2. The molecule has 0 spiro atoms. The Kier molecular flexibility index (Phi) is 3.15. The van der Waals surface area contributed by atoms with Gasteiger partial charge in [0, 0.05) is 0 Å². The van der Waals surface area contributed by atoms with Crippen molar-refractivity contribution in [2.45, 2.75) is 31.0 Å². The molecular formula is C13H14N4O4. The Hall–Kier alpha value is -2.05. The fraction of sp³-hybridized carbons (Fsp3) is 0.462. The summed E-state index contributed by atoms with van der Waals surface area (Å²) in [7, 11) is 0. The van der Waals surface area contributed by atoms with Gasteiger partial charge in [-0.3, -0.25) is 4.57 Å². The van der Waals surface area contributed by atoms with E-state index in [1.807, 2.05) is 0 Å². The molecule has 0 aliphatic carbocycles. The van der Waals surface area contributed by atoms with Gasteiger partial charge in [0.2, 0.25) is 0 Å². The van der Waals surface area contributed by atoms with Crippen LogP contribution in [0.3, 0.4) is 0 Å². The predicted octanol–water partition coefficient (Wildman–Crippen LogP) is -1.19.